The Hall–Kier alpha value is -1.26. The smallest absolute Gasteiger partial charge is 0.412 e. The molecule has 0 aliphatic heterocycles. The number of benzene rings is 1. The summed E-state index contributed by atoms with van der Waals surface area (Å²) in [5.74, 6) is 0. The lowest BCUT2D eigenvalue weighted by molar-refractivity contribution is 0.0636. The Morgan fingerprint density at radius 3 is 2.40 bits per heavy atom. The first-order valence-corrected chi connectivity index (χ1v) is 6.91. The lowest BCUT2D eigenvalue weighted by Crippen LogP contribution is -2.34. The molecule has 4 nitrogen and oxygen atoms in total. The molecule has 0 aliphatic rings. The van der Waals surface area contributed by atoms with Crippen LogP contribution >= 0.6 is 11.6 Å². The van der Waals surface area contributed by atoms with Gasteiger partial charge in [0, 0.05) is 16.2 Å². The fourth-order valence-corrected chi connectivity index (χ4v) is 1.88. The SMILES string of the molecule is CC(C)(N)Cc1cc(NC(=O)OC(C)(C)C)ccc1Cl. The highest BCUT2D eigenvalue weighted by Crippen LogP contribution is 2.24. The average Bonchev–Trinajstić information content (AvgIpc) is 2.18. The topological polar surface area (TPSA) is 64.3 Å². The third-order valence-electron chi connectivity index (χ3n) is 2.34. The van der Waals surface area contributed by atoms with Crippen LogP contribution in [0.15, 0.2) is 18.2 Å². The van der Waals surface area contributed by atoms with Gasteiger partial charge in [0.2, 0.25) is 0 Å². The summed E-state index contributed by atoms with van der Waals surface area (Å²) in [5.41, 5.74) is 6.64. The Bertz CT molecular complexity index is 488. The summed E-state index contributed by atoms with van der Waals surface area (Å²) < 4.78 is 5.20. The van der Waals surface area contributed by atoms with Crippen molar-refractivity contribution in [2.24, 2.45) is 5.73 Å². The lowest BCUT2D eigenvalue weighted by atomic mass is 9.96. The molecule has 112 valence electrons. The number of carbonyl (C=O) groups excluding carboxylic acids is 1. The van der Waals surface area contributed by atoms with Gasteiger partial charge in [0.1, 0.15) is 5.60 Å². The second kappa shape index (κ2) is 6.02. The highest BCUT2D eigenvalue weighted by atomic mass is 35.5. The van der Waals surface area contributed by atoms with E-state index in [1.165, 1.54) is 0 Å². The summed E-state index contributed by atoms with van der Waals surface area (Å²) in [7, 11) is 0. The quantitative estimate of drug-likeness (QED) is 0.887. The van der Waals surface area contributed by atoms with E-state index in [0.717, 1.165) is 5.56 Å². The molecule has 0 aromatic heterocycles. The predicted molar refractivity (Wildman–Crippen MR) is 83.3 cm³/mol. The van der Waals surface area contributed by atoms with Gasteiger partial charge in [-0.2, -0.15) is 0 Å². The minimum atomic E-state index is -0.529. The molecule has 0 saturated heterocycles. The number of halogens is 1. The van der Waals surface area contributed by atoms with Gasteiger partial charge in [-0.3, -0.25) is 5.32 Å². The fourth-order valence-electron chi connectivity index (χ4n) is 1.70. The summed E-state index contributed by atoms with van der Waals surface area (Å²) in [6, 6.07) is 5.30. The van der Waals surface area contributed by atoms with Gasteiger partial charge in [-0.05, 0) is 64.8 Å². The van der Waals surface area contributed by atoms with Crippen LogP contribution in [0.2, 0.25) is 5.02 Å². The summed E-state index contributed by atoms with van der Waals surface area (Å²) in [4.78, 5) is 11.7. The summed E-state index contributed by atoms with van der Waals surface area (Å²) in [5, 5.41) is 3.33. The van der Waals surface area contributed by atoms with Crippen LogP contribution in [-0.4, -0.2) is 17.2 Å². The number of carbonyl (C=O) groups is 1. The van der Waals surface area contributed by atoms with E-state index in [0.29, 0.717) is 17.1 Å². The van der Waals surface area contributed by atoms with Gasteiger partial charge < -0.3 is 10.5 Å². The normalized spacial score (nSPS) is 12.2. The molecule has 0 saturated carbocycles. The zero-order valence-corrected chi connectivity index (χ0v) is 13.5. The van der Waals surface area contributed by atoms with Gasteiger partial charge in [-0.25, -0.2) is 4.79 Å². The van der Waals surface area contributed by atoms with Crippen LogP contribution in [0.3, 0.4) is 0 Å². The van der Waals surface area contributed by atoms with E-state index in [2.05, 4.69) is 5.32 Å². The van der Waals surface area contributed by atoms with Crippen LogP contribution in [-0.2, 0) is 11.2 Å². The molecule has 0 radical (unpaired) electrons. The monoisotopic (exact) mass is 298 g/mol. The van der Waals surface area contributed by atoms with Crippen molar-refractivity contribution in [3.05, 3.63) is 28.8 Å². The van der Waals surface area contributed by atoms with E-state index in [1.54, 1.807) is 12.1 Å². The van der Waals surface area contributed by atoms with Crippen LogP contribution in [0, 0.1) is 0 Å². The molecule has 3 N–H and O–H groups in total. The Morgan fingerprint density at radius 2 is 1.90 bits per heavy atom. The molecule has 20 heavy (non-hydrogen) atoms. The zero-order valence-electron chi connectivity index (χ0n) is 12.7. The van der Waals surface area contributed by atoms with Crippen molar-refractivity contribution in [3.8, 4) is 0 Å². The second-order valence-electron chi connectivity index (χ2n) is 6.60. The fraction of sp³-hybridized carbons (Fsp3) is 0.533. The number of hydrogen-bond acceptors (Lipinski definition) is 3. The predicted octanol–water partition coefficient (Wildman–Crippen LogP) is 3.97. The van der Waals surface area contributed by atoms with E-state index in [-0.39, 0.29) is 5.54 Å². The zero-order chi connectivity index (χ0) is 15.6. The van der Waals surface area contributed by atoms with E-state index in [4.69, 9.17) is 22.1 Å². The summed E-state index contributed by atoms with van der Waals surface area (Å²) >= 11 is 6.15. The summed E-state index contributed by atoms with van der Waals surface area (Å²) in [6.07, 6.45) is 0.133. The Balaban J connectivity index is 2.82. The number of anilines is 1. The first kappa shape index (κ1) is 16.8. The first-order chi connectivity index (χ1) is 8.96. The number of amides is 1. The van der Waals surface area contributed by atoms with E-state index in [9.17, 15) is 4.79 Å². The highest BCUT2D eigenvalue weighted by Gasteiger charge is 2.18. The van der Waals surface area contributed by atoms with Crippen molar-refractivity contribution < 1.29 is 9.53 Å². The molecule has 0 fully saturated rings. The van der Waals surface area contributed by atoms with Crippen molar-refractivity contribution in [1.29, 1.82) is 0 Å². The number of nitrogens with two attached hydrogens (primary N) is 1. The van der Waals surface area contributed by atoms with Crippen molar-refractivity contribution in [1.82, 2.24) is 0 Å². The molecule has 1 aromatic carbocycles. The first-order valence-electron chi connectivity index (χ1n) is 6.54. The molecule has 1 aromatic rings. The van der Waals surface area contributed by atoms with Gasteiger partial charge >= 0.3 is 6.09 Å². The minimum Gasteiger partial charge on any atom is -0.444 e. The molecule has 0 atom stereocenters. The molecule has 0 aliphatic carbocycles. The van der Waals surface area contributed by atoms with E-state index < -0.39 is 11.7 Å². The van der Waals surface area contributed by atoms with Crippen molar-refractivity contribution >= 4 is 23.4 Å². The third kappa shape index (κ3) is 6.26. The van der Waals surface area contributed by atoms with Crippen molar-refractivity contribution in [3.63, 3.8) is 0 Å². The number of hydrogen-bond donors (Lipinski definition) is 2. The molecule has 0 heterocycles. The van der Waals surface area contributed by atoms with Gasteiger partial charge in [0.05, 0.1) is 0 Å². The van der Waals surface area contributed by atoms with Crippen LogP contribution in [0.5, 0.6) is 0 Å². The Labute approximate surface area is 125 Å². The Kier molecular flexibility index (Phi) is 5.05. The third-order valence-corrected chi connectivity index (χ3v) is 2.71. The molecular formula is C15H23ClN2O2. The van der Waals surface area contributed by atoms with E-state index in [1.807, 2.05) is 40.7 Å². The Morgan fingerprint density at radius 1 is 1.30 bits per heavy atom. The second-order valence-corrected chi connectivity index (χ2v) is 7.01. The van der Waals surface area contributed by atoms with Crippen LogP contribution < -0.4 is 11.1 Å². The molecule has 0 spiro atoms. The van der Waals surface area contributed by atoms with Crippen molar-refractivity contribution in [2.75, 3.05) is 5.32 Å². The van der Waals surface area contributed by atoms with Crippen molar-refractivity contribution in [2.45, 2.75) is 52.2 Å². The largest absolute Gasteiger partial charge is 0.444 e. The minimum absolute atomic E-state index is 0.367. The molecule has 1 rings (SSSR count). The summed E-state index contributed by atoms with van der Waals surface area (Å²) in [6.45, 7) is 9.30. The lowest BCUT2D eigenvalue weighted by Gasteiger charge is -2.21. The maximum atomic E-state index is 11.7. The van der Waals surface area contributed by atoms with Crippen LogP contribution in [0.1, 0.15) is 40.2 Å². The van der Waals surface area contributed by atoms with E-state index >= 15 is 0 Å². The van der Waals surface area contributed by atoms with Crippen LogP contribution in [0.25, 0.3) is 0 Å². The molecular weight excluding hydrogens is 276 g/mol. The highest BCUT2D eigenvalue weighted by molar-refractivity contribution is 6.31. The molecule has 0 bridgehead atoms. The number of nitrogens with one attached hydrogen (secondary N) is 1. The van der Waals surface area contributed by atoms with Gasteiger partial charge in [0.15, 0.2) is 0 Å². The standard InChI is InChI=1S/C15H23ClN2O2/c1-14(2,3)20-13(19)18-11-6-7-12(16)10(8-11)9-15(4,5)17/h6-8H,9,17H2,1-5H3,(H,18,19). The van der Waals surface area contributed by atoms with Gasteiger partial charge in [-0.1, -0.05) is 11.6 Å². The number of rotatable bonds is 3. The maximum absolute atomic E-state index is 11.7. The number of ether oxygens (including phenoxy) is 1. The molecule has 5 heteroatoms. The van der Waals surface area contributed by atoms with Gasteiger partial charge in [0.25, 0.3) is 0 Å². The maximum Gasteiger partial charge on any atom is 0.412 e. The van der Waals surface area contributed by atoms with Gasteiger partial charge in [-0.15, -0.1) is 0 Å². The van der Waals surface area contributed by atoms with Crippen LogP contribution in [0.4, 0.5) is 10.5 Å². The molecule has 1 amide bonds. The average molecular weight is 299 g/mol. The molecule has 0 unspecified atom stereocenters.